The minimum absolute atomic E-state index is 0.137. The zero-order valence-corrected chi connectivity index (χ0v) is 16.3. The molecule has 3 aromatic carbocycles. The monoisotopic (exact) mass is 412 g/mol. The summed E-state index contributed by atoms with van der Waals surface area (Å²) in [4.78, 5) is 39.2. The fraction of sp³-hybridized carbons (Fsp3) is 0.0952. The molecule has 0 spiro atoms. The molecule has 0 aromatic heterocycles. The summed E-state index contributed by atoms with van der Waals surface area (Å²) in [6.45, 7) is 1.83. The third kappa shape index (κ3) is 2.75. The Balaban J connectivity index is 1.81. The van der Waals surface area contributed by atoms with E-state index >= 15 is 0 Å². The molecule has 0 radical (unpaired) electrons. The Morgan fingerprint density at radius 1 is 0.964 bits per heavy atom. The van der Waals surface area contributed by atoms with Gasteiger partial charge in [0.1, 0.15) is 0 Å². The van der Waals surface area contributed by atoms with Crippen LogP contribution in [0.2, 0.25) is 10.0 Å². The minimum atomic E-state index is -0.572. The molecule has 7 heteroatoms. The highest BCUT2D eigenvalue weighted by molar-refractivity contribution is 6.38. The molecule has 0 N–H and O–H groups in total. The number of halogens is 2. The Hall–Kier alpha value is -2.89. The number of amides is 3. The third-order valence-corrected chi connectivity index (χ3v) is 5.25. The van der Waals surface area contributed by atoms with E-state index in [0.29, 0.717) is 26.4 Å². The lowest BCUT2D eigenvalue weighted by Gasteiger charge is -2.28. The lowest BCUT2D eigenvalue weighted by Crippen LogP contribution is -2.49. The van der Waals surface area contributed by atoms with Crippen LogP contribution >= 0.6 is 23.2 Å². The van der Waals surface area contributed by atoms with Gasteiger partial charge in [0.15, 0.2) is 0 Å². The number of fused-ring (bicyclic) bond motifs is 3. The van der Waals surface area contributed by atoms with Crippen molar-refractivity contribution in [1.82, 2.24) is 10.0 Å². The number of hydrazine groups is 1. The number of benzene rings is 3. The van der Waals surface area contributed by atoms with Gasteiger partial charge in [0.2, 0.25) is 0 Å². The van der Waals surface area contributed by atoms with Gasteiger partial charge in [0.05, 0.1) is 11.1 Å². The number of rotatable bonds is 3. The maximum Gasteiger partial charge on any atom is 0.281 e. The van der Waals surface area contributed by atoms with Gasteiger partial charge in [-0.3, -0.25) is 14.4 Å². The second kappa shape index (κ2) is 6.93. The van der Waals surface area contributed by atoms with Gasteiger partial charge >= 0.3 is 0 Å². The van der Waals surface area contributed by atoms with E-state index in [9.17, 15) is 14.4 Å². The number of hydrogen-bond donors (Lipinski definition) is 0. The molecule has 4 rings (SSSR count). The lowest BCUT2D eigenvalue weighted by atomic mass is 10.0. The summed E-state index contributed by atoms with van der Waals surface area (Å²) >= 11 is 12.2. The summed E-state index contributed by atoms with van der Waals surface area (Å²) < 4.78 is 0. The molecule has 1 aliphatic rings. The minimum Gasteiger partial charge on any atom is -0.267 e. The number of hydrogen-bond acceptors (Lipinski definition) is 3. The predicted octanol–water partition coefficient (Wildman–Crippen LogP) is 4.82. The van der Waals surface area contributed by atoms with Gasteiger partial charge < -0.3 is 0 Å². The first-order valence-corrected chi connectivity index (χ1v) is 9.37. The Bertz CT molecular complexity index is 1140. The highest BCUT2D eigenvalue weighted by atomic mass is 35.5. The quantitative estimate of drug-likeness (QED) is 0.579. The maximum absolute atomic E-state index is 13.2. The normalized spacial score (nSPS) is 13.2. The standard InChI is InChI=1S/C21H14Cl2N2O3/c1-2-24(19(26)12-7-9-13(22)10-8-12)25-20(27)16-11-17(23)14-5-3-4-6-15(14)18(16)21(25)28/h3-11H,2H2,1H3. The van der Waals surface area contributed by atoms with E-state index < -0.39 is 17.7 Å². The van der Waals surface area contributed by atoms with Crippen LogP contribution in [0.15, 0.2) is 54.6 Å². The van der Waals surface area contributed by atoms with Crippen molar-refractivity contribution in [3.8, 4) is 0 Å². The van der Waals surface area contributed by atoms with Crippen LogP contribution in [0.5, 0.6) is 0 Å². The van der Waals surface area contributed by atoms with Gasteiger partial charge in [-0.1, -0.05) is 47.5 Å². The molecule has 28 heavy (non-hydrogen) atoms. The Morgan fingerprint density at radius 2 is 1.61 bits per heavy atom. The first kappa shape index (κ1) is 18.5. The van der Waals surface area contributed by atoms with E-state index in [1.807, 2.05) is 6.07 Å². The molecule has 1 aliphatic heterocycles. The van der Waals surface area contributed by atoms with E-state index in [0.717, 1.165) is 10.0 Å². The molecule has 0 bridgehead atoms. The first-order valence-electron chi connectivity index (χ1n) is 8.61. The molecule has 3 aromatic rings. The van der Waals surface area contributed by atoms with E-state index in [1.165, 1.54) is 6.07 Å². The van der Waals surface area contributed by atoms with Gasteiger partial charge in [0, 0.05) is 27.5 Å². The first-order chi connectivity index (χ1) is 13.4. The fourth-order valence-electron chi connectivity index (χ4n) is 3.38. The molecule has 0 fully saturated rings. The zero-order chi connectivity index (χ0) is 20.0. The van der Waals surface area contributed by atoms with E-state index in [4.69, 9.17) is 23.2 Å². The largest absolute Gasteiger partial charge is 0.281 e. The predicted molar refractivity (Wildman–Crippen MR) is 108 cm³/mol. The second-order valence-corrected chi connectivity index (χ2v) is 7.12. The van der Waals surface area contributed by atoms with Gasteiger partial charge in [-0.2, -0.15) is 5.01 Å². The van der Waals surface area contributed by atoms with Crippen LogP contribution < -0.4 is 0 Å². The van der Waals surface area contributed by atoms with Crippen molar-refractivity contribution < 1.29 is 14.4 Å². The molecule has 0 atom stereocenters. The van der Waals surface area contributed by atoms with Gasteiger partial charge in [-0.15, -0.1) is 0 Å². The fourth-order valence-corrected chi connectivity index (χ4v) is 3.78. The van der Waals surface area contributed by atoms with Crippen molar-refractivity contribution in [2.24, 2.45) is 0 Å². The summed E-state index contributed by atoms with van der Waals surface area (Å²) in [5.41, 5.74) is 0.772. The molecule has 0 unspecified atom stereocenters. The van der Waals surface area contributed by atoms with Crippen molar-refractivity contribution in [1.29, 1.82) is 0 Å². The molecule has 140 valence electrons. The van der Waals surface area contributed by atoms with Crippen molar-refractivity contribution in [3.05, 3.63) is 81.3 Å². The molecule has 0 aliphatic carbocycles. The molecule has 1 heterocycles. The zero-order valence-electron chi connectivity index (χ0n) is 14.8. The molecule has 5 nitrogen and oxygen atoms in total. The van der Waals surface area contributed by atoms with Crippen LogP contribution in [-0.4, -0.2) is 34.3 Å². The lowest BCUT2D eigenvalue weighted by molar-refractivity contribution is 0.00567. The number of carbonyl (C=O) groups is 3. The highest BCUT2D eigenvalue weighted by Crippen LogP contribution is 2.35. The summed E-state index contributed by atoms with van der Waals surface area (Å²) in [6, 6.07) is 14.9. The van der Waals surface area contributed by atoms with Crippen LogP contribution in [0.3, 0.4) is 0 Å². The van der Waals surface area contributed by atoms with Crippen molar-refractivity contribution in [2.75, 3.05) is 6.54 Å². The average Bonchev–Trinajstić information content (AvgIpc) is 2.94. The van der Waals surface area contributed by atoms with Crippen LogP contribution in [0.4, 0.5) is 0 Å². The maximum atomic E-state index is 13.2. The van der Waals surface area contributed by atoms with Crippen LogP contribution in [-0.2, 0) is 0 Å². The topological polar surface area (TPSA) is 57.7 Å². The van der Waals surface area contributed by atoms with Gasteiger partial charge in [0.25, 0.3) is 17.7 Å². The summed E-state index contributed by atoms with van der Waals surface area (Å²) in [5, 5.41) is 4.16. The van der Waals surface area contributed by atoms with Crippen molar-refractivity contribution in [3.63, 3.8) is 0 Å². The molecule has 0 saturated heterocycles. The van der Waals surface area contributed by atoms with Crippen molar-refractivity contribution in [2.45, 2.75) is 6.92 Å². The summed E-state index contributed by atoms with van der Waals surface area (Å²) in [6.07, 6.45) is 0. The summed E-state index contributed by atoms with van der Waals surface area (Å²) in [5.74, 6) is -1.59. The third-order valence-electron chi connectivity index (χ3n) is 4.69. The Labute approximate surface area is 171 Å². The van der Waals surface area contributed by atoms with Crippen molar-refractivity contribution >= 4 is 51.7 Å². The Morgan fingerprint density at radius 3 is 2.25 bits per heavy atom. The molecular formula is C21H14Cl2N2O3. The van der Waals surface area contributed by atoms with Gasteiger partial charge in [-0.05, 0) is 42.6 Å². The molecule has 3 amide bonds. The van der Waals surface area contributed by atoms with E-state index in [-0.39, 0.29) is 17.7 Å². The van der Waals surface area contributed by atoms with Crippen LogP contribution in [0.1, 0.15) is 38.0 Å². The van der Waals surface area contributed by atoms with E-state index in [1.54, 1.807) is 49.4 Å². The molecular weight excluding hydrogens is 399 g/mol. The van der Waals surface area contributed by atoms with Crippen LogP contribution in [0.25, 0.3) is 10.8 Å². The second-order valence-electron chi connectivity index (χ2n) is 6.28. The Kier molecular flexibility index (Phi) is 4.57. The highest BCUT2D eigenvalue weighted by Gasteiger charge is 2.42. The average molecular weight is 413 g/mol. The number of nitrogens with zero attached hydrogens (tertiary/aromatic N) is 2. The summed E-state index contributed by atoms with van der Waals surface area (Å²) in [7, 11) is 0. The molecule has 0 saturated carbocycles. The number of carbonyl (C=O) groups excluding carboxylic acids is 3. The SMILES string of the molecule is CCN(C(=O)c1ccc(Cl)cc1)N1C(=O)c2cc(Cl)c3ccccc3c2C1=O. The van der Waals surface area contributed by atoms with Crippen LogP contribution in [0, 0.1) is 0 Å². The number of imide groups is 1. The van der Waals surface area contributed by atoms with Gasteiger partial charge in [-0.25, -0.2) is 5.01 Å². The van der Waals surface area contributed by atoms with E-state index in [2.05, 4.69) is 0 Å². The smallest absolute Gasteiger partial charge is 0.267 e.